The topological polar surface area (TPSA) is 94.9 Å². The first kappa shape index (κ1) is 18.2. The summed E-state index contributed by atoms with van der Waals surface area (Å²) in [6.07, 6.45) is 1.12. The zero-order chi connectivity index (χ0) is 17.9. The van der Waals surface area contributed by atoms with Gasteiger partial charge in [-0.25, -0.2) is 4.79 Å². The fourth-order valence-corrected chi connectivity index (χ4v) is 3.61. The van der Waals surface area contributed by atoms with Crippen LogP contribution in [0.3, 0.4) is 0 Å². The first-order valence-electron chi connectivity index (χ1n) is 7.08. The number of thioether (sulfide) groups is 1. The van der Waals surface area contributed by atoms with Gasteiger partial charge in [-0.05, 0) is 30.5 Å². The van der Waals surface area contributed by atoms with E-state index in [1.165, 1.54) is 0 Å². The van der Waals surface area contributed by atoms with Crippen molar-refractivity contribution in [2.75, 3.05) is 0 Å². The number of nitrogens with zero attached hydrogens (tertiary/aromatic N) is 1. The van der Waals surface area contributed by atoms with Gasteiger partial charge in [-0.15, -0.1) is 0 Å². The Morgan fingerprint density at radius 2 is 2.00 bits per heavy atom. The minimum absolute atomic E-state index is 0.123. The number of aliphatic carboxylic acids is 2. The number of benzene rings is 1. The average Bonchev–Trinajstić information content (AvgIpc) is 2.77. The number of hydrogen-bond donors (Lipinski definition) is 2. The predicted molar refractivity (Wildman–Crippen MR) is 94.5 cm³/mol. The molecule has 1 fully saturated rings. The summed E-state index contributed by atoms with van der Waals surface area (Å²) in [5, 5.41) is 18.1. The van der Waals surface area contributed by atoms with Crippen molar-refractivity contribution in [3.05, 3.63) is 40.3 Å². The largest absolute Gasteiger partial charge is 0.481 e. The van der Waals surface area contributed by atoms with Gasteiger partial charge in [-0.2, -0.15) is 0 Å². The number of rotatable bonds is 6. The molecule has 1 amide bonds. The highest BCUT2D eigenvalue weighted by molar-refractivity contribution is 8.26. The molecule has 0 unspecified atom stereocenters. The van der Waals surface area contributed by atoms with E-state index in [9.17, 15) is 19.5 Å². The summed E-state index contributed by atoms with van der Waals surface area (Å²) >= 11 is 6.16. The van der Waals surface area contributed by atoms with Crippen LogP contribution in [0.25, 0.3) is 6.08 Å². The van der Waals surface area contributed by atoms with Crippen LogP contribution in [0.2, 0.25) is 0 Å². The molecule has 2 N–H and O–H groups in total. The molecule has 8 heteroatoms. The molecule has 1 heterocycles. The van der Waals surface area contributed by atoms with Crippen LogP contribution in [-0.2, 0) is 14.4 Å². The van der Waals surface area contributed by atoms with Gasteiger partial charge in [0.15, 0.2) is 0 Å². The Balaban J connectivity index is 2.28. The van der Waals surface area contributed by atoms with Crippen LogP contribution < -0.4 is 0 Å². The molecule has 0 aromatic heterocycles. The quantitative estimate of drug-likeness (QED) is 0.591. The van der Waals surface area contributed by atoms with Gasteiger partial charge in [-0.1, -0.05) is 48.2 Å². The van der Waals surface area contributed by atoms with Gasteiger partial charge in [-0.3, -0.25) is 14.5 Å². The zero-order valence-electron chi connectivity index (χ0n) is 12.8. The molecule has 1 saturated heterocycles. The van der Waals surface area contributed by atoms with E-state index in [0.29, 0.717) is 4.91 Å². The number of carbonyl (C=O) groups excluding carboxylic acids is 1. The second-order valence-corrected chi connectivity index (χ2v) is 6.87. The third kappa shape index (κ3) is 4.01. The standard InChI is InChI=1S/C16H15NO5S2/c1-9-4-2-3-5-10(9)8-12-14(20)17(16(23)24-12)11(15(21)22)6-7-13(18)19/h2-5,8,11H,6-7H2,1H3,(H,18,19)(H,21,22)/b12-8-/t11-/m1/s1. The third-order valence-electron chi connectivity index (χ3n) is 3.53. The van der Waals surface area contributed by atoms with E-state index in [-0.39, 0.29) is 17.2 Å². The van der Waals surface area contributed by atoms with Gasteiger partial charge < -0.3 is 10.2 Å². The maximum absolute atomic E-state index is 12.6. The molecular formula is C16H15NO5S2. The van der Waals surface area contributed by atoms with Crippen LogP contribution in [0.4, 0.5) is 0 Å². The van der Waals surface area contributed by atoms with Gasteiger partial charge >= 0.3 is 11.9 Å². The number of carboxylic acid groups (broad SMARTS) is 2. The molecule has 126 valence electrons. The van der Waals surface area contributed by atoms with E-state index < -0.39 is 23.9 Å². The number of aryl methyl sites for hydroxylation is 1. The van der Waals surface area contributed by atoms with E-state index in [1.807, 2.05) is 31.2 Å². The van der Waals surface area contributed by atoms with Crippen LogP contribution in [0, 0.1) is 6.92 Å². The summed E-state index contributed by atoms with van der Waals surface area (Å²) in [4.78, 5) is 36.0. The first-order chi connectivity index (χ1) is 11.3. The maximum Gasteiger partial charge on any atom is 0.326 e. The van der Waals surface area contributed by atoms with E-state index in [4.69, 9.17) is 17.3 Å². The normalized spacial score (nSPS) is 17.4. The van der Waals surface area contributed by atoms with E-state index in [1.54, 1.807) is 6.08 Å². The third-order valence-corrected chi connectivity index (χ3v) is 4.86. The summed E-state index contributed by atoms with van der Waals surface area (Å²) in [7, 11) is 0. The molecule has 0 aliphatic carbocycles. The molecule has 0 radical (unpaired) electrons. The molecule has 24 heavy (non-hydrogen) atoms. The van der Waals surface area contributed by atoms with Gasteiger partial charge in [0.2, 0.25) is 0 Å². The SMILES string of the molecule is Cc1ccccc1/C=C1\SC(=S)N([C@H](CCC(=O)O)C(=O)O)C1=O. The second-order valence-electron chi connectivity index (χ2n) is 5.19. The van der Waals surface area contributed by atoms with Crippen LogP contribution in [0.15, 0.2) is 29.2 Å². The number of thiocarbonyl (C=S) groups is 1. The summed E-state index contributed by atoms with van der Waals surface area (Å²) in [5.74, 6) is -2.90. The van der Waals surface area contributed by atoms with Crippen molar-refractivity contribution in [2.45, 2.75) is 25.8 Å². The van der Waals surface area contributed by atoms with Crippen LogP contribution in [0.5, 0.6) is 0 Å². The number of hydrogen-bond acceptors (Lipinski definition) is 5. The number of carboxylic acids is 2. The minimum atomic E-state index is -1.28. The van der Waals surface area contributed by atoms with Gasteiger partial charge in [0, 0.05) is 6.42 Å². The van der Waals surface area contributed by atoms with Crippen molar-refractivity contribution in [1.29, 1.82) is 0 Å². The summed E-state index contributed by atoms with van der Waals surface area (Å²) in [5.41, 5.74) is 1.82. The smallest absolute Gasteiger partial charge is 0.326 e. The van der Waals surface area contributed by atoms with E-state index in [0.717, 1.165) is 27.8 Å². The molecule has 0 spiro atoms. The van der Waals surface area contributed by atoms with Crippen LogP contribution in [0.1, 0.15) is 24.0 Å². The molecule has 0 bridgehead atoms. The molecule has 1 aliphatic heterocycles. The highest BCUT2D eigenvalue weighted by Gasteiger charge is 2.40. The Morgan fingerprint density at radius 1 is 1.33 bits per heavy atom. The van der Waals surface area contributed by atoms with Crippen molar-refractivity contribution < 1.29 is 24.6 Å². The monoisotopic (exact) mass is 365 g/mol. The Kier molecular flexibility index (Phi) is 5.74. The summed E-state index contributed by atoms with van der Waals surface area (Å²) in [6.45, 7) is 1.90. The first-order valence-corrected chi connectivity index (χ1v) is 8.31. The number of carbonyl (C=O) groups is 3. The van der Waals surface area contributed by atoms with E-state index >= 15 is 0 Å². The molecule has 1 aliphatic rings. The van der Waals surface area contributed by atoms with E-state index in [2.05, 4.69) is 0 Å². The van der Waals surface area contributed by atoms with Gasteiger partial charge in [0.1, 0.15) is 10.4 Å². The van der Waals surface area contributed by atoms with Crippen molar-refractivity contribution in [2.24, 2.45) is 0 Å². The average molecular weight is 365 g/mol. The lowest BCUT2D eigenvalue weighted by Crippen LogP contribution is -2.44. The van der Waals surface area contributed by atoms with Crippen molar-refractivity contribution in [1.82, 2.24) is 4.90 Å². The maximum atomic E-state index is 12.6. The van der Waals surface area contributed by atoms with Crippen LogP contribution >= 0.6 is 24.0 Å². The Bertz CT molecular complexity index is 744. The molecule has 1 aromatic rings. The lowest BCUT2D eigenvalue weighted by Gasteiger charge is -2.22. The molecular weight excluding hydrogens is 350 g/mol. The van der Waals surface area contributed by atoms with Crippen molar-refractivity contribution in [3.63, 3.8) is 0 Å². The predicted octanol–water partition coefficient (Wildman–Crippen LogP) is 2.51. The Labute approximate surface area is 148 Å². The summed E-state index contributed by atoms with van der Waals surface area (Å²) < 4.78 is 0.123. The van der Waals surface area contributed by atoms with Crippen molar-refractivity contribution in [3.8, 4) is 0 Å². The molecule has 1 atom stereocenters. The molecule has 0 saturated carbocycles. The van der Waals surface area contributed by atoms with Crippen molar-refractivity contribution >= 4 is 52.2 Å². The second kappa shape index (κ2) is 7.59. The Hall–Kier alpha value is -2.19. The highest BCUT2D eigenvalue weighted by atomic mass is 32.2. The fourth-order valence-electron chi connectivity index (χ4n) is 2.26. The summed E-state index contributed by atoms with van der Waals surface area (Å²) in [6, 6.07) is 6.19. The minimum Gasteiger partial charge on any atom is -0.481 e. The lowest BCUT2D eigenvalue weighted by atomic mass is 10.1. The van der Waals surface area contributed by atoms with Gasteiger partial charge in [0.25, 0.3) is 5.91 Å². The zero-order valence-corrected chi connectivity index (χ0v) is 14.4. The fraction of sp³-hybridized carbons (Fsp3) is 0.250. The molecule has 2 rings (SSSR count). The highest BCUT2D eigenvalue weighted by Crippen LogP contribution is 2.35. The number of amides is 1. The molecule has 6 nitrogen and oxygen atoms in total. The Morgan fingerprint density at radius 3 is 2.58 bits per heavy atom. The lowest BCUT2D eigenvalue weighted by molar-refractivity contribution is -0.146. The molecule has 1 aromatic carbocycles. The van der Waals surface area contributed by atoms with Crippen LogP contribution in [-0.4, -0.2) is 43.3 Å². The van der Waals surface area contributed by atoms with Gasteiger partial charge in [0.05, 0.1) is 4.91 Å².